The smallest absolute Gasteiger partial charge is 0.139 e. The van der Waals surface area contributed by atoms with Crippen molar-refractivity contribution < 1.29 is 0 Å². The summed E-state index contributed by atoms with van der Waals surface area (Å²) >= 11 is 1.79. The maximum Gasteiger partial charge on any atom is 0.139 e. The zero-order chi connectivity index (χ0) is 12.2. The van der Waals surface area contributed by atoms with E-state index < -0.39 is 0 Å². The van der Waals surface area contributed by atoms with Crippen LogP contribution in [0, 0.1) is 0 Å². The number of nitrogens with zero attached hydrogens (tertiary/aromatic N) is 2. The summed E-state index contributed by atoms with van der Waals surface area (Å²) in [4.78, 5) is 7.20. The molecule has 0 amide bonds. The van der Waals surface area contributed by atoms with Gasteiger partial charge in [0.1, 0.15) is 5.82 Å². The standard InChI is InChI=1S/C15H18N2S.ClH/c1-3-7-13(8-4-1)11-15-16-14(12-18-15)17-9-5-2-6-10-17;/h1,3-4,7-8,12H,2,5-6,9-11H2;1H. The van der Waals surface area contributed by atoms with Crippen LogP contribution >= 0.6 is 23.7 Å². The molecule has 1 aliphatic heterocycles. The number of aromatic nitrogens is 1. The van der Waals surface area contributed by atoms with Crippen LogP contribution in [0.25, 0.3) is 0 Å². The average molecular weight is 295 g/mol. The third-order valence-electron chi connectivity index (χ3n) is 3.42. The Balaban J connectivity index is 0.00000133. The first kappa shape index (κ1) is 14.4. The van der Waals surface area contributed by atoms with Crippen molar-refractivity contribution in [3.63, 3.8) is 0 Å². The summed E-state index contributed by atoms with van der Waals surface area (Å²) in [6, 6.07) is 10.6. The van der Waals surface area contributed by atoms with Gasteiger partial charge < -0.3 is 4.90 Å². The molecule has 0 bridgehead atoms. The molecule has 0 aliphatic carbocycles. The van der Waals surface area contributed by atoms with E-state index in [-0.39, 0.29) is 12.4 Å². The Kier molecular flexibility index (Phi) is 5.23. The first-order valence-electron chi connectivity index (χ1n) is 6.65. The van der Waals surface area contributed by atoms with Crippen molar-refractivity contribution in [3.8, 4) is 0 Å². The lowest BCUT2D eigenvalue weighted by Crippen LogP contribution is -2.29. The van der Waals surface area contributed by atoms with E-state index in [1.165, 1.54) is 48.7 Å². The van der Waals surface area contributed by atoms with E-state index in [2.05, 4.69) is 40.6 Å². The number of hydrogen-bond acceptors (Lipinski definition) is 3. The Morgan fingerprint density at radius 3 is 2.53 bits per heavy atom. The van der Waals surface area contributed by atoms with E-state index in [0.717, 1.165) is 6.42 Å². The summed E-state index contributed by atoms with van der Waals surface area (Å²) in [5, 5.41) is 3.44. The topological polar surface area (TPSA) is 16.1 Å². The van der Waals surface area contributed by atoms with Gasteiger partial charge in [-0.1, -0.05) is 30.3 Å². The quantitative estimate of drug-likeness (QED) is 0.845. The highest BCUT2D eigenvalue weighted by molar-refractivity contribution is 7.10. The summed E-state index contributed by atoms with van der Waals surface area (Å²) in [5.74, 6) is 1.19. The van der Waals surface area contributed by atoms with Gasteiger partial charge in [-0.25, -0.2) is 4.98 Å². The Hall–Kier alpha value is -1.06. The highest BCUT2D eigenvalue weighted by atomic mass is 35.5. The fourth-order valence-electron chi connectivity index (χ4n) is 2.42. The fourth-order valence-corrected chi connectivity index (χ4v) is 3.26. The van der Waals surface area contributed by atoms with Crippen molar-refractivity contribution in [2.75, 3.05) is 18.0 Å². The predicted octanol–water partition coefficient (Wildman–Crippen LogP) is 4.15. The summed E-state index contributed by atoms with van der Waals surface area (Å²) in [6.45, 7) is 2.35. The van der Waals surface area contributed by atoms with E-state index in [1.807, 2.05) is 0 Å². The second-order valence-electron chi connectivity index (χ2n) is 4.81. The van der Waals surface area contributed by atoms with Crippen molar-refractivity contribution in [1.29, 1.82) is 0 Å². The normalized spacial score (nSPS) is 15.1. The molecule has 0 radical (unpaired) electrons. The maximum absolute atomic E-state index is 4.77. The molecule has 1 aromatic carbocycles. The van der Waals surface area contributed by atoms with Gasteiger partial charge in [-0.05, 0) is 24.8 Å². The molecule has 1 fully saturated rings. The summed E-state index contributed by atoms with van der Waals surface area (Å²) < 4.78 is 0. The van der Waals surface area contributed by atoms with Gasteiger partial charge in [0, 0.05) is 24.9 Å². The van der Waals surface area contributed by atoms with E-state index in [0.29, 0.717) is 0 Å². The van der Waals surface area contributed by atoms with Crippen LogP contribution in [0.5, 0.6) is 0 Å². The summed E-state index contributed by atoms with van der Waals surface area (Å²) in [6.07, 6.45) is 4.95. The van der Waals surface area contributed by atoms with Gasteiger partial charge in [0.25, 0.3) is 0 Å². The zero-order valence-corrected chi connectivity index (χ0v) is 12.6. The summed E-state index contributed by atoms with van der Waals surface area (Å²) in [7, 11) is 0. The third-order valence-corrected chi connectivity index (χ3v) is 4.25. The molecule has 0 unspecified atom stereocenters. The molecule has 2 aromatic rings. The maximum atomic E-state index is 4.77. The minimum absolute atomic E-state index is 0. The largest absolute Gasteiger partial charge is 0.356 e. The Bertz CT molecular complexity index is 492. The van der Waals surface area contributed by atoms with Gasteiger partial charge in [-0.2, -0.15) is 0 Å². The third kappa shape index (κ3) is 3.71. The highest BCUT2D eigenvalue weighted by Crippen LogP contribution is 2.23. The molecule has 3 rings (SSSR count). The van der Waals surface area contributed by atoms with Crippen LogP contribution in [-0.2, 0) is 6.42 Å². The van der Waals surface area contributed by atoms with Gasteiger partial charge in [0.2, 0.25) is 0 Å². The van der Waals surface area contributed by atoms with Gasteiger partial charge >= 0.3 is 0 Å². The molecule has 0 saturated carbocycles. The van der Waals surface area contributed by atoms with Crippen LogP contribution in [0.15, 0.2) is 35.7 Å². The Morgan fingerprint density at radius 1 is 1.05 bits per heavy atom. The molecule has 19 heavy (non-hydrogen) atoms. The van der Waals surface area contributed by atoms with Crippen molar-refractivity contribution in [3.05, 3.63) is 46.3 Å². The monoisotopic (exact) mass is 294 g/mol. The molecule has 2 nitrogen and oxygen atoms in total. The molecule has 0 spiro atoms. The minimum atomic E-state index is 0. The Morgan fingerprint density at radius 2 is 1.79 bits per heavy atom. The molecule has 102 valence electrons. The van der Waals surface area contributed by atoms with Crippen LogP contribution in [0.1, 0.15) is 29.8 Å². The average Bonchev–Trinajstić information content (AvgIpc) is 2.89. The van der Waals surface area contributed by atoms with Crippen LogP contribution in [0.3, 0.4) is 0 Å². The molecule has 1 aromatic heterocycles. The number of piperidine rings is 1. The molecule has 0 atom stereocenters. The second-order valence-corrected chi connectivity index (χ2v) is 5.75. The number of thiazole rings is 1. The molecular weight excluding hydrogens is 276 g/mol. The number of rotatable bonds is 3. The first-order valence-corrected chi connectivity index (χ1v) is 7.53. The van der Waals surface area contributed by atoms with Crippen LogP contribution < -0.4 is 4.90 Å². The SMILES string of the molecule is Cl.c1ccc(Cc2nc(N3CCCCC3)cs2)cc1. The van der Waals surface area contributed by atoms with E-state index in [9.17, 15) is 0 Å². The zero-order valence-electron chi connectivity index (χ0n) is 10.9. The van der Waals surface area contributed by atoms with Crippen molar-refractivity contribution in [2.45, 2.75) is 25.7 Å². The highest BCUT2D eigenvalue weighted by Gasteiger charge is 2.13. The molecular formula is C15H19ClN2S. The van der Waals surface area contributed by atoms with Gasteiger partial charge in [0.15, 0.2) is 0 Å². The van der Waals surface area contributed by atoms with Gasteiger partial charge in [0.05, 0.1) is 5.01 Å². The van der Waals surface area contributed by atoms with Crippen molar-refractivity contribution in [1.82, 2.24) is 4.98 Å². The van der Waals surface area contributed by atoms with Crippen molar-refractivity contribution in [2.24, 2.45) is 0 Å². The second kappa shape index (κ2) is 6.92. The fraction of sp³-hybridized carbons (Fsp3) is 0.400. The minimum Gasteiger partial charge on any atom is -0.356 e. The molecule has 1 aliphatic rings. The van der Waals surface area contributed by atoms with Crippen LogP contribution in [0.4, 0.5) is 5.82 Å². The predicted molar refractivity (Wildman–Crippen MR) is 84.7 cm³/mol. The molecule has 1 saturated heterocycles. The lowest BCUT2D eigenvalue weighted by molar-refractivity contribution is 0.574. The number of benzene rings is 1. The molecule has 2 heterocycles. The Labute approximate surface area is 124 Å². The van der Waals surface area contributed by atoms with Gasteiger partial charge in [-0.3, -0.25) is 0 Å². The van der Waals surface area contributed by atoms with E-state index in [1.54, 1.807) is 11.3 Å². The molecule has 0 N–H and O–H groups in total. The number of hydrogen-bond donors (Lipinski definition) is 0. The first-order chi connectivity index (χ1) is 8.92. The van der Waals surface area contributed by atoms with E-state index in [4.69, 9.17) is 4.98 Å². The number of anilines is 1. The number of halogens is 1. The van der Waals surface area contributed by atoms with E-state index >= 15 is 0 Å². The molecule has 4 heteroatoms. The van der Waals surface area contributed by atoms with Crippen LogP contribution in [-0.4, -0.2) is 18.1 Å². The van der Waals surface area contributed by atoms with Crippen molar-refractivity contribution >= 4 is 29.6 Å². The summed E-state index contributed by atoms with van der Waals surface area (Å²) in [5.41, 5.74) is 1.34. The lowest BCUT2D eigenvalue weighted by Gasteiger charge is -2.26. The van der Waals surface area contributed by atoms with Gasteiger partial charge in [-0.15, -0.1) is 23.7 Å². The lowest BCUT2D eigenvalue weighted by atomic mass is 10.1. The van der Waals surface area contributed by atoms with Crippen LogP contribution in [0.2, 0.25) is 0 Å².